The van der Waals surface area contributed by atoms with Crippen LogP contribution in [0.3, 0.4) is 0 Å². The molecular weight excluding hydrogens is 358 g/mol. The van der Waals surface area contributed by atoms with Gasteiger partial charge in [0.1, 0.15) is 35.6 Å². The van der Waals surface area contributed by atoms with E-state index in [4.69, 9.17) is 14.6 Å². The zero-order valence-corrected chi connectivity index (χ0v) is 13.6. The lowest BCUT2D eigenvalue weighted by molar-refractivity contribution is -0.384. The van der Waals surface area contributed by atoms with E-state index in [-0.39, 0.29) is 17.2 Å². The van der Waals surface area contributed by atoms with Crippen LogP contribution in [0.25, 0.3) is 0 Å². The largest absolute Gasteiger partial charge is 0.426 e. The number of carbonyl (C=O) groups is 1. The maximum Gasteiger partial charge on any atom is 0.321 e. The van der Waals surface area contributed by atoms with Crippen molar-refractivity contribution in [2.75, 3.05) is 12.4 Å². The molecule has 1 aliphatic heterocycles. The number of esters is 1. The Hall–Kier alpha value is -1.76. The molecule has 11 heteroatoms. The smallest absolute Gasteiger partial charge is 0.321 e. The van der Waals surface area contributed by atoms with E-state index in [0.29, 0.717) is 0 Å². The molecule has 0 bridgehead atoms. The number of aliphatic hydroxyl groups excluding tert-OH is 4. The van der Waals surface area contributed by atoms with Crippen LogP contribution in [0.5, 0.6) is 5.75 Å². The van der Waals surface area contributed by atoms with E-state index in [1.54, 1.807) is 0 Å². The first-order valence-electron chi connectivity index (χ1n) is 7.20. The molecule has 0 saturated carbocycles. The number of ether oxygens (including phenoxy) is 2. The maximum absolute atomic E-state index is 11.8. The number of hydrogen-bond acceptors (Lipinski definition) is 10. The van der Waals surface area contributed by atoms with Gasteiger partial charge in [-0.25, -0.2) is 0 Å². The maximum atomic E-state index is 11.8. The van der Waals surface area contributed by atoms with Gasteiger partial charge in [0.2, 0.25) is 0 Å². The molecule has 1 fully saturated rings. The lowest BCUT2D eigenvalue weighted by atomic mass is 10.0. The molecule has 2 rings (SSSR count). The van der Waals surface area contributed by atoms with Crippen LogP contribution in [0, 0.1) is 10.1 Å². The molecule has 25 heavy (non-hydrogen) atoms. The Kier molecular flexibility index (Phi) is 6.70. The van der Waals surface area contributed by atoms with Gasteiger partial charge in [0.25, 0.3) is 5.69 Å². The SMILES string of the molecule is O=C(CSC1OC(CO)C(O)C(O)C1O)Oc1ccc([N+](=O)[O-])cc1. The molecule has 0 spiro atoms. The minimum absolute atomic E-state index is 0.116. The molecule has 1 heterocycles. The Morgan fingerprint density at radius 1 is 1.20 bits per heavy atom. The van der Waals surface area contributed by atoms with E-state index >= 15 is 0 Å². The molecule has 1 aromatic rings. The molecule has 5 unspecified atom stereocenters. The summed E-state index contributed by atoms with van der Waals surface area (Å²) in [5.74, 6) is -0.833. The topological polar surface area (TPSA) is 160 Å². The number of non-ortho nitro benzene ring substituents is 1. The van der Waals surface area contributed by atoms with E-state index in [2.05, 4.69) is 0 Å². The van der Waals surface area contributed by atoms with Gasteiger partial charge in [0.15, 0.2) is 0 Å². The first-order valence-corrected chi connectivity index (χ1v) is 8.25. The zero-order valence-electron chi connectivity index (χ0n) is 12.8. The number of nitrogens with zero attached hydrogens (tertiary/aromatic N) is 1. The Bertz CT molecular complexity index is 609. The van der Waals surface area contributed by atoms with Crippen molar-refractivity contribution in [1.82, 2.24) is 0 Å². The zero-order chi connectivity index (χ0) is 18.6. The molecular formula is C14H17NO9S. The van der Waals surface area contributed by atoms with Crippen molar-refractivity contribution < 1.29 is 39.6 Å². The second-order valence-electron chi connectivity index (χ2n) is 5.23. The molecule has 5 atom stereocenters. The number of hydrogen-bond donors (Lipinski definition) is 4. The predicted molar refractivity (Wildman–Crippen MR) is 85.0 cm³/mol. The predicted octanol–water partition coefficient (Wildman–Crippen LogP) is -0.967. The van der Waals surface area contributed by atoms with Gasteiger partial charge in [-0.1, -0.05) is 0 Å². The molecule has 0 aromatic heterocycles. The van der Waals surface area contributed by atoms with Gasteiger partial charge in [-0.3, -0.25) is 14.9 Å². The number of benzene rings is 1. The molecule has 1 aliphatic rings. The third-order valence-corrected chi connectivity index (χ3v) is 4.61. The molecule has 0 radical (unpaired) electrons. The Balaban J connectivity index is 1.87. The van der Waals surface area contributed by atoms with Gasteiger partial charge in [-0.15, -0.1) is 11.8 Å². The van der Waals surface area contributed by atoms with Crippen LogP contribution in [-0.4, -0.2) is 73.5 Å². The average Bonchev–Trinajstić information content (AvgIpc) is 2.59. The average molecular weight is 375 g/mol. The molecule has 4 N–H and O–H groups in total. The minimum atomic E-state index is -1.52. The minimum Gasteiger partial charge on any atom is -0.426 e. The summed E-state index contributed by atoms with van der Waals surface area (Å²) in [7, 11) is 0. The Morgan fingerprint density at radius 2 is 1.84 bits per heavy atom. The highest BCUT2D eigenvalue weighted by molar-refractivity contribution is 8.00. The summed E-state index contributed by atoms with van der Waals surface area (Å²) >= 11 is 0.829. The van der Waals surface area contributed by atoms with Crippen molar-refractivity contribution in [3.05, 3.63) is 34.4 Å². The molecule has 1 aromatic carbocycles. The standard InChI is InChI=1S/C14H17NO9S/c16-5-9-11(18)12(19)13(20)14(24-9)25-6-10(17)23-8-3-1-7(2-4-8)15(21)22/h1-4,9,11-14,16,18-20H,5-6H2. The van der Waals surface area contributed by atoms with Crippen molar-refractivity contribution in [2.45, 2.75) is 29.9 Å². The van der Waals surface area contributed by atoms with Gasteiger partial charge in [0, 0.05) is 12.1 Å². The molecule has 10 nitrogen and oxygen atoms in total. The number of nitro benzene ring substituents is 1. The van der Waals surface area contributed by atoms with Gasteiger partial charge >= 0.3 is 5.97 Å². The van der Waals surface area contributed by atoms with Crippen LogP contribution < -0.4 is 4.74 Å². The molecule has 138 valence electrons. The van der Waals surface area contributed by atoms with E-state index < -0.39 is 47.4 Å². The number of carbonyl (C=O) groups excluding carboxylic acids is 1. The third kappa shape index (κ3) is 4.87. The van der Waals surface area contributed by atoms with Crippen LogP contribution in [0.15, 0.2) is 24.3 Å². The Labute approximate surface area is 146 Å². The van der Waals surface area contributed by atoms with Crippen LogP contribution >= 0.6 is 11.8 Å². The number of thioether (sulfide) groups is 1. The first-order chi connectivity index (χ1) is 11.8. The highest BCUT2D eigenvalue weighted by Gasteiger charge is 2.43. The second kappa shape index (κ2) is 8.56. The molecule has 1 saturated heterocycles. The fourth-order valence-electron chi connectivity index (χ4n) is 2.15. The summed E-state index contributed by atoms with van der Waals surface area (Å²) < 4.78 is 10.2. The number of rotatable bonds is 6. The highest BCUT2D eigenvalue weighted by Crippen LogP contribution is 2.28. The normalized spacial score (nSPS) is 29.2. The number of nitro groups is 1. The Morgan fingerprint density at radius 3 is 2.40 bits per heavy atom. The molecule has 0 amide bonds. The summed E-state index contributed by atoms with van der Waals surface area (Å²) in [5.41, 5.74) is -1.18. The summed E-state index contributed by atoms with van der Waals surface area (Å²) in [4.78, 5) is 21.8. The number of aliphatic hydroxyl groups is 4. The summed E-state index contributed by atoms with van der Waals surface area (Å²) in [5, 5.41) is 48.8. The fraction of sp³-hybridized carbons (Fsp3) is 0.500. The van der Waals surface area contributed by atoms with E-state index in [0.717, 1.165) is 11.8 Å². The van der Waals surface area contributed by atoms with E-state index in [1.165, 1.54) is 24.3 Å². The van der Waals surface area contributed by atoms with Crippen LogP contribution in [0.4, 0.5) is 5.69 Å². The fourth-order valence-corrected chi connectivity index (χ4v) is 3.09. The van der Waals surface area contributed by atoms with Gasteiger partial charge < -0.3 is 29.9 Å². The third-order valence-electron chi connectivity index (χ3n) is 3.49. The van der Waals surface area contributed by atoms with Crippen LogP contribution in [0.2, 0.25) is 0 Å². The second-order valence-corrected chi connectivity index (χ2v) is 6.32. The monoisotopic (exact) mass is 375 g/mol. The van der Waals surface area contributed by atoms with Crippen molar-refractivity contribution in [3.63, 3.8) is 0 Å². The van der Waals surface area contributed by atoms with Crippen molar-refractivity contribution in [1.29, 1.82) is 0 Å². The quantitative estimate of drug-likeness (QED) is 0.211. The highest BCUT2D eigenvalue weighted by atomic mass is 32.2. The van der Waals surface area contributed by atoms with Crippen molar-refractivity contribution in [2.24, 2.45) is 0 Å². The lowest BCUT2D eigenvalue weighted by Gasteiger charge is -2.39. The summed E-state index contributed by atoms with van der Waals surface area (Å²) in [6.07, 6.45) is -5.49. The van der Waals surface area contributed by atoms with Gasteiger partial charge in [-0.2, -0.15) is 0 Å². The van der Waals surface area contributed by atoms with Crippen molar-refractivity contribution in [3.8, 4) is 5.75 Å². The lowest BCUT2D eigenvalue weighted by Crippen LogP contribution is -2.57. The van der Waals surface area contributed by atoms with Gasteiger partial charge in [-0.05, 0) is 12.1 Å². The summed E-state index contributed by atoms with van der Waals surface area (Å²) in [6, 6.07) is 4.92. The van der Waals surface area contributed by atoms with Crippen LogP contribution in [0.1, 0.15) is 0 Å². The van der Waals surface area contributed by atoms with Crippen LogP contribution in [-0.2, 0) is 9.53 Å². The summed E-state index contributed by atoms with van der Waals surface area (Å²) in [6.45, 7) is -0.560. The van der Waals surface area contributed by atoms with Gasteiger partial charge in [0.05, 0.1) is 17.3 Å². The molecule has 0 aliphatic carbocycles. The van der Waals surface area contributed by atoms with Crippen molar-refractivity contribution >= 4 is 23.4 Å². The van der Waals surface area contributed by atoms with E-state index in [1.807, 2.05) is 0 Å². The van der Waals surface area contributed by atoms with E-state index in [9.17, 15) is 30.2 Å². The first kappa shape index (κ1) is 19.6.